The second-order valence-corrected chi connectivity index (χ2v) is 9.77. The molecule has 0 unspecified atom stereocenters. The first-order valence-corrected chi connectivity index (χ1v) is 12.7. The number of hydrogen-bond acceptors (Lipinski definition) is 10. The Morgan fingerprint density at radius 3 is 1.74 bits per heavy atom. The summed E-state index contributed by atoms with van der Waals surface area (Å²) in [4.78, 5) is 46.3. The van der Waals surface area contributed by atoms with Gasteiger partial charge in [-0.05, 0) is 75.4 Å². The number of carboxylic acids is 1. The molecule has 0 aromatic carbocycles. The summed E-state index contributed by atoms with van der Waals surface area (Å²) in [6.45, 7) is 5.43. The van der Waals surface area contributed by atoms with Crippen LogP contribution in [0.1, 0.15) is 38.7 Å². The monoisotopic (exact) mass is 580 g/mol. The standard InChI is InChI=1S/C13H15N3O2.C9H6N2O2.C8H7N3.CH4/c1-13(2,3)18-12(17)16-11-5-4-9-8-14-7-6-10(9)15-11;12-9(13)8-2-1-6-5-10-4-3-7(6)11-8;9-8-2-1-6-5-10-4-3-7(6)11-8;/h4-8H,1-3H3,(H,15,16,17);1-5H,(H,12,13);1-5H,(H2,9,11);1H4. The normalized spacial score (nSPS) is 10.4. The Morgan fingerprint density at radius 2 is 1.21 bits per heavy atom. The van der Waals surface area contributed by atoms with Crippen LogP contribution in [0.25, 0.3) is 32.7 Å². The molecule has 220 valence electrons. The molecule has 0 atom stereocenters. The van der Waals surface area contributed by atoms with Gasteiger partial charge in [-0.15, -0.1) is 0 Å². The fraction of sp³-hybridized carbons (Fsp3) is 0.161. The average Bonchev–Trinajstić information content (AvgIpc) is 2.96. The summed E-state index contributed by atoms with van der Waals surface area (Å²) in [5, 5.41) is 14.0. The van der Waals surface area contributed by atoms with Gasteiger partial charge in [-0.25, -0.2) is 24.5 Å². The Bertz CT molecular complexity index is 1860. The highest BCUT2D eigenvalue weighted by Gasteiger charge is 2.16. The molecule has 0 aliphatic heterocycles. The van der Waals surface area contributed by atoms with Gasteiger partial charge in [0.2, 0.25) is 0 Å². The number of nitrogens with two attached hydrogens (primary N) is 1. The number of carbonyl (C=O) groups excluding carboxylic acids is 1. The molecule has 4 N–H and O–H groups in total. The molecule has 0 aliphatic rings. The van der Waals surface area contributed by atoms with Gasteiger partial charge in [0.15, 0.2) is 0 Å². The van der Waals surface area contributed by atoms with E-state index in [1.165, 1.54) is 6.07 Å². The number of anilines is 2. The number of aromatic carboxylic acids is 1. The zero-order valence-corrected chi connectivity index (χ0v) is 23.1. The minimum absolute atomic E-state index is 0. The quantitative estimate of drug-likeness (QED) is 0.214. The molecule has 0 spiro atoms. The Labute approximate surface area is 248 Å². The van der Waals surface area contributed by atoms with Crippen molar-refractivity contribution in [3.63, 3.8) is 0 Å². The number of amides is 1. The summed E-state index contributed by atoms with van der Waals surface area (Å²) in [7, 11) is 0. The van der Waals surface area contributed by atoms with Crippen LogP contribution in [0.5, 0.6) is 0 Å². The maximum Gasteiger partial charge on any atom is 0.413 e. The Kier molecular flexibility index (Phi) is 10.5. The van der Waals surface area contributed by atoms with E-state index in [1.54, 1.807) is 67.5 Å². The largest absolute Gasteiger partial charge is 0.477 e. The van der Waals surface area contributed by atoms with Crippen molar-refractivity contribution in [2.75, 3.05) is 11.1 Å². The van der Waals surface area contributed by atoms with Crippen molar-refractivity contribution in [2.24, 2.45) is 0 Å². The highest BCUT2D eigenvalue weighted by molar-refractivity contribution is 5.89. The van der Waals surface area contributed by atoms with Gasteiger partial charge in [-0.3, -0.25) is 20.3 Å². The van der Waals surface area contributed by atoms with Gasteiger partial charge < -0.3 is 15.6 Å². The fourth-order valence-electron chi connectivity index (χ4n) is 3.51. The van der Waals surface area contributed by atoms with E-state index in [1.807, 2.05) is 39.0 Å². The first-order chi connectivity index (χ1) is 20.1. The lowest BCUT2D eigenvalue weighted by Gasteiger charge is -2.19. The van der Waals surface area contributed by atoms with Crippen molar-refractivity contribution in [1.82, 2.24) is 29.9 Å². The van der Waals surface area contributed by atoms with Crippen molar-refractivity contribution in [3.8, 4) is 0 Å². The molecule has 0 fully saturated rings. The number of rotatable bonds is 2. The highest BCUT2D eigenvalue weighted by atomic mass is 16.6. The summed E-state index contributed by atoms with van der Waals surface area (Å²) in [5.41, 5.74) is 7.34. The molecule has 0 radical (unpaired) electrons. The molecular formula is C31H32N8O4. The summed E-state index contributed by atoms with van der Waals surface area (Å²) in [5.74, 6) is -0.00892. The van der Waals surface area contributed by atoms with Gasteiger partial charge >= 0.3 is 12.1 Å². The molecule has 0 saturated heterocycles. The highest BCUT2D eigenvalue weighted by Crippen LogP contribution is 2.15. The summed E-state index contributed by atoms with van der Waals surface area (Å²) >= 11 is 0. The van der Waals surface area contributed by atoms with E-state index in [0.717, 1.165) is 27.2 Å². The predicted octanol–water partition coefficient (Wildman–Crippen LogP) is 6.15. The van der Waals surface area contributed by atoms with Crippen molar-refractivity contribution in [2.45, 2.75) is 33.8 Å². The number of pyridine rings is 6. The Balaban J connectivity index is 0.000000180. The number of fused-ring (bicyclic) bond motifs is 3. The number of nitrogen functional groups attached to an aromatic ring is 1. The maximum absolute atomic E-state index is 11.6. The topological polar surface area (TPSA) is 179 Å². The lowest BCUT2D eigenvalue weighted by molar-refractivity contribution is 0.0633. The van der Waals surface area contributed by atoms with Gasteiger partial charge in [-0.1, -0.05) is 7.43 Å². The molecule has 6 aromatic rings. The third-order valence-electron chi connectivity index (χ3n) is 5.34. The van der Waals surface area contributed by atoms with Crippen molar-refractivity contribution in [3.05, 3.63) is 97.5 Å². The molecule has 6 aromatic heterocycles. The van der Waals surface area contributed by atoms with Crippen molar-refractivity contribution < 1.29 is 19.4 Å². The Morgan fingerprint density at radius 1 is 0.721 bits per heavy atom. The lowest BCUT2D eigenvalue weighted by atomic mass is 10.2. The van der Waals surface area contributed by atoms with E-state index in [-0.39, 0.29) is 13.1 Å². The smallest absolute Gasteiger partial charge is 0.413 e. The van der Waals surface area contributed by atoms with Crippen LogP contribution in [-0.4, -0.2) is 52.7 Å². The van der Waals surface area contributed by atoms with Gasteiger partial charge in [0.1, 0.15) is 22.9 Å². The van der Waals surface area contributed by atoms with Crippen LogP contribution < -0.4 is 11.1 Å². The molecule has 1 amide bonds. The molecule has 12 heteroatoms. The third-order valence-corrected chi connectivity index (χ3v) is 5.34. The predicted molar refractivity (Wildman–Crippen MR) is 167 cm³/mol. The molecule has 0 saturated carbocycles. The molecule has 6 rings (SSSR count). The number of ether oxygens (including phenoxy) is 1. The van der Waals surface area contributed by atoms with Gasteiger partial charge in [0.25, 0.3) is 0 Å². The number of nitrogens with zero attached hydrogens (tertiary/aromatic N) is 6. The molecule has 12 nitrogen and oxygen atoms in total. The number of aromatic nitrogens is 6. The zero-order valence-electron chi connectivity index (χ0n) is 23.1. The van der Waals surface area contributed by atoms with E-state index in [9.17, 15) is 9.59 Å². The number of hydrogen-bond donors (Lipinski definition) is 3. The van der Waals surface area contributed by atoms with Crippen LogP contribution in [-0.2, 0) is 4.74 Å². The molecule has 43 heavy (non-hydrogen) atoms. The molecule has 0 aliphatic carbocycles. The molecular weight excluding hydrogens is 548 g/mol. The van der Waals surface area contributed by atoms with Gasteiger partial charge in [0, 0.05) is 53.3 Å². The van der Waals surface area contributed by atoms with Gasteiger partial charge in [0.05, 0.1) is 16.6 Å². The maximum atomic E-state index is 11.6. The zero-order chi connectivity index (χ0) is 30.1. The average molecular weight is 581 g/mol. The minimum Gasteiger partial charge on any atom is -0.477 e. The number of carbonyl (C=O) groups is 2. The van der Waals surface area contributed by atoms with E-state index in [2.05, 4.69) is 35.2 Å². The van der Waals surface area contributed by atoms with E-state index < -0.39 is 17.7 Å². The lowest BCUT2D eigenvalue weighted by Crippen LogP contribution is -2.27. The van der Waals surface area contributed by atoms with Crippen molar-refractivity contribution in [1.29, 1.82) is 0 Å². The van der Waals surface area contributed by atoms with Crippen LogP contribution in [0.2, 0.25) is 0 Å². The Hall–Kier alpha value is -5.78. The SMILES string of the molecule is C.CC(C)(C)OC(=O)Nc1ccc2cnccc2n1.Nc1ccc2cnccc2n1.O=C(O)c1ccc2cnccc2n1. The molecule has 6 heterocycles. The summed E-state index contributed by atoms with van der Waals surface area (Å²) < 4.78 is 5.15. The minimum atomic E-state index is -1.02. The second-order valence-electron chi connectivity index (χ2n) is 9.77. The third kappa shape index (κ3) is 9.39. The van der Waals surface area contributed by atoms with Crippen molar-refractivity contribution >= 4 is 56.4 Å². The van der Waals surface area contributed by atoms with Gasteiger partial charge in [-0.2, -0.15) is 0 Å². The first-order valence-electron chi connectivity index (χ1n) is 12.7. The fourth-order valence-corrected chi connectivity index (χ4v) is 3.51. The molecule has 0 bridgehead atoms. The van der Waals surface area contributed by atoms with Crippen LogP contribution >= 0.6 is 0 Å². The second kappa shape index (κ2) is 14.2. The first kappa shape index (κ1) is 31.7. The van der Waals surface area contributed by atoms with Crippen LogP contribution in [0.3, 0.4) is 0 Å². The van der Waals surface area contributed by atoms with E-state index in [0.29, 0.717) is 17.2 Å². The van der Waals surface area contributed by atoms with Crippen LogP contribution in [0, 0.1) is 0 Å². The van der Waals surface area contributed by atoms with E-state index in [4.69, 9.17) is 15.6 Å². The van der Waals surface area contributed by atoms with Crippen LogP contribution in [0.15, 0.2) is 91.8 Å². The van der Waals surface area contributed by atoms with Crippen LogP contribution in [0.4, 0.5) is 16.4 Å². The van der Waals surface area contributed by atoms with E-state index >= 15 is 0 Å². The number of carboxylic acid groups (broad SMARTS) is 1. The summed E-state index contributed by atoms with van der Waals surface area (Å²) in [6.07, 6.45) is 9.57. The summed E-state index contributed by atoms with van der Waals surface area (Å²) in [6, 6.07) is 15.7. The number of nitrogens with one attached hydrogen (secondary N) is 1.